The van der Waals surface area contributed by atoms with E-state index in [1.807, 2.05) is 0 Å². The molecule has 0 saturated heterocycles. The van der Waals surface area contributed by atoms with Gasteiger partial charge in [0, 0.05) is 0 Å². The average molecular weight is 266 g/mol. The fraction of sp³-hybridized carbons (Fsp3) is 0.231. The van der Waals surface area contributed by atoms with Crippen molar-refractivity contribution in [2.24, 2.45) is 0 Å². The van der Waals surface area contributed by atoms with Crippen molar-refractivity contribution in [2.45, 2.75) is 13.8 Å². The number of hydrogen-bond acceptors (Lipinski definition) is 4. The van der Waals surface area contributed by atoms with E-state index in [4.69, 9.17) is 0 Å². The molecule has 0 atom stereocenters. The summed E-state index contributed by atoms with van der Waals surface area (Å²) in [7, 11) is 0. The van der Waals surface area contributed by atoms with E-state index in [1.54, 1.807) is 26.0 Å². The molecule has 1 heterocycles. The number of thiophene rings is 1. The molecule has 3 nitrogen and oxygen atoms in total. The first kappa shape index (κ1) is 12.7. The van der Waals surface area contributed by atoms with Gasteiger partial charge >= 0.3 is 5.97 Å². The monoisotopic (exact) mass is 266 g/mol. The van der Waals surface area contributed by atoms with Crippen molar-refractivity contribution in [3.8, 4) is 0 Å². The van der Waals surface area contributed by atoms with Crippen LogP contribution in [0, 0.1) is 12.7 Å². The van der Waals surface area contributed by atoms with Crippen LogP contribution in [0.4, 0.5) is 4.39 Å². The van der Waals surface area contributed by atoms with Gasteiger partial charge in [0.25, 0.3) is 5.78 Å². The first-order chi connectivity index (χ1) is 8.56. The van der Waals surface area contributed by atoms with Gasteiger partial charge < -0.3 is 4.74 Å². The molecule has 1 aromatic carbocycles. The van der Waals surface area contributed by atoms with Crippen LogP contribution in [0.1, 0.15) is 22.2 Å². The second kappa shape index (κ2) is 4.86. The van der Waals surface area contributed by atoms with Gasteiger partial charge in [0.05, 0.1) is 16.2 Å². The molecule has 0 N–H and O–H groups in total. The SMILES string of the molecule is CCOC(=O)C(=O)c1sc2c(F)cccc2c1C. The summed E-state index contributed by atoms with van der Waals surface area (Å²) in [5, 5.41) is 0.660. The number of esters is 1. The molecule has 1 aromatic heterocycles. The zero-order chi connectivity index (χ0) is 13.3. The number of fused-ring (bicyclic) bond motifs is 1. The largest absolute Gasteiger partial charge is 0.460 e. The molecule has 0 aliphatic heterocycles. The Bertz CT molecular complexity index is 630. The standard InChI is InChI=1S/C13H11FO3S/c1-3-17-13(16)10(15)11-7(2)8-5-4-6-9(14)12(8)18-11/h4-6H,3H2,1-2H3. The molecule has 18 heavy (non-hydrogen) atoms. The fourth-order valence-corrected chi connectivity index (χ4v) is 2.85. The molecule has 0 bridgehead atoms. The normalized spacial score (nSPS) is 10.6. The van der Waals surface area contributed by atoms with Crippen molar-refractivity contribution in [3.63, 3.8) is 0 Å². The summed E-state index contributed by atoms with van der Waals surface area (Å²) in [5.74, 6) is -1.99. The number of benzene rings is 1. The van der Waals surface area contributed by atoms with Gasteiger partial charge in [-0.15, -0.1) is 11.3 Å². The minimum absolute atomic E-state index is 0.142. The smallest absolute Gasteiger partial charge is 0.380 e. The molecule has 0 spiro atoms. The molecule has 0 unspecified atom stereocenters. The van der Waals surface area contributed by atoms with Gasteiger partial charge in [-0.1, -0.05) is 12.1 Å². The number of carbonyl (C=O) groups excluding carboxylic acids is 2. The van der Waals surface area contributed by atoms with Crippen LogP contribution in [0.2, 0.25) is 0 Å². The summed E-state index contributed by atoms with van der Waals surface area (Å²) < 4.78 is 18.6. The maximum absolute atomic E-state index is 13.6. The van der Waals surface area contributed by atoms with E-state index >= 15 is 0 Å². The Balaban J connectivity index is 2.52. The molecule has 0 aliphatic carbocycles. The van der Waals surface area contributed by atoms with Crippen LogP contribution in [-0.2, 0) is 9.53 Å². The number of ketones is 1. The van der Waals surface area contributed by atoms with E-state index in [2.05, 4.69) is 4.74 Å². The highest BCUT2D eigenvalue weighted by molar-refractivity contribution is 7.21. The first-order valence-corrected chi connectivity index (χ1v) is 6.27. The highest BCUT2D eigenvalue weighted by Gasteiger charge is 2.23. The third-order valence-corrected chi connectivity index (χ3v) is 3.90. The Morgan fingerprint density at radius 2 is 2.11 bits per heavy atom. The zero-order valence-corrected chi connectivity index (χ0v) is 10.8. The van der Waals surface area contributed by atoms with Crippen molar-refractivity contribution < 1.29 is 18.7 Å². The number of Topliss-reactive ketones (excluding diaryl/α,β-unsaturated/α-hetero) is 1. The van der Waals surface area contributed by atoms with Crippen molar-refractivity contribution in [3.05, 3.63) is 34.5 Å². The number of aryl methyl sites for hydroxylation is 1. The van der Waals surface area contributed by atoms with Gasteiger partial charge in [0.15, 0.2) is 0 Å². The summed E-state index contributed by atoms with van der Waals surface area (Å²) in [6.45, 7) is 3.47. The third kappa shape index (κ3) is 2.01. The Morgan fingerprint density at radius 1 is 1.39 bits per heavy atom. The van der Waals surface area contributed by atoms with E-state index in [0.717, 1.165) is 11.3 Å². The molecule has 5 heteroatoms. The summed E-state index contributed by atoms with van der Waals surface area (Å²) in [6, 6.07) is 4.64. The van der Waals surface area contributed by atoms with Crippen molar-refractivity contribution in [2.75, 3.05) is 6.61 Å². The predicted molar refractivity (Wildman–Crippen MR) is 67.5 cm³/mol. The van der Waals surface area contributed by atoms with Crippen LogP contribution in [0.5, 0.6) is 0 Å². The molecule has 94 valence electrons. The van der Waals surface area contributed by atoms with Crippen LogP contribution in [0.3, 0.4) is 0 Å². The van der Waals surface area contributed by atoms with Crippen LogP contribution < -0.4 is 0 Å². The minimum atomic E-state index is -0.896. The van der Waals surface area contributed by atoms with Gasteiger partial charge in [0.1, 0.15) is 5.82 Å². The quantitative estimate of drug-likeness (QED) is 0.487. The molecule has 2 rings (SSSR count). The van der Waals surface area contributed by atoms with E-state index in [9.17, 15) is 14.0 Å². The lowest BCUT2D eigenvalue weighted by atomic mass is 10.1. The van der Waals surface area contributed by atoms with Gasteiger partial charge in [-0.25, -0.2) is 9.18 Å². The summed E-state index contributed by atoms with van der Waals surface area (Å²) in [6.07, 6.45) is 0. The number of halogens is 1. The second-order valence-corrected chi connectivity index (χ2v) is 4.74. The number of rotatable bonds is 3. The van der Waals surface area contributed by atoms with Crippen molar-refractivity contribution in [1.82, 2.24) is 0 Å². The topological polar surface area (TPSA) is 43.4 Å². The molecular weight excluding hydrogens is 255 g/mol. The minimum Gasteiger partial charge on any atom is -0.460 e. The summed E-state index contributed by atoms with van der Waals surface area (Å²) >= 11 is 0.987. The van der Waals surface area contributed by atoms with Gasteiger partial charge in [-0.2, -0.15) is 0 Å². The molecule has 0 amide bonds. The number of ether oxygens (including phenoxy) is 1. The van der Waals surface area contributed by atoms with E-state index < -0.39 is 11.8 Å². The third-order valence-electron chi connectivity index (χ3n) is 2.58. The molecule has 2 aromatic rings. The Labute approximate surface area is 107 Å². The molecule has 0 saturated carbocycles. The molecule has 0 radical (unpaired) electrons. The van der Waals surface area contributed by atoms with E-state index in [-0.39, 0.29) is 17.3 Å². The van der Waals surface area contributed by atoms with Crippen LogP contribution in [0.25, 0.3) is 10.1 Å². The second-order valence-electron chi connectivity index (χ2n) is 3.72. The first-order valence-electron chi connectivity index (χ1n) is 5.45. The number of carbonyl (C=O) groups is 2. The van der Waals surface area contributed by atoms with Gasteiger partial charge in [-0.3, -0.25) is 4.79 Å². The van der Waals surface area contributed by atoms with E-state index in [0.29, 0.717) is 15.6 Å². The highest BCUT2D eigenvalue weighted by Crippen LogP contribution is 2.32. The van der Waals surface area contributed by atoms with Crippen molar-refractivity contribution in [1.29, 1.82) is 0 Å². The summed E-state index contributed by atoms with van der Waals surface area (Å²) in [4.78, 5) is 23.5. The van der Waals surface area contributed by atoms with Crippen LogP contribution in [-0.4, -0.2) is 18.4 Å². The maximum atomic E-state index is 13.6. The molecular formula is C13H11FO3S. The van der Waals surface area contributed by atoms with Crippen LogP contribution in [0.15, 0.2) is 18.2 Å². The Kier molecular flexibility index (Phi) is 3.43. The van der Waals surface area contributed by atoms with Gasteiger partial charge in [-0.05, 0) is 30.9 Å². The lowest BCUT2D eigenvalue weighted by Gasteiger charge is -1.99. The van der Waals surface area contributed by atoms with Gasteiger partial charge in [0.2, 0.25) is 0 Å². The van der Waals surface area contributed by atoms with E-state index in [1.165, 1.54) is 6.07 Å². The van der Waals surface area contributed by atoms with Crippen molar-refractivity contribution >= 4 is 33.2 Å². The van der Waals surface area contributed by atoms with Crippen LogP contribution >= 0.6 is 11.3 Å². The lowest BCUT2D eigenvalue weighted by molar-refractivity contribution is -0.137. The maximum Gasteiger partial charge on any atom is 0.380 e. The lowest BCUT2D eigenvalue weighted by Crippen LogP contribution is -2.17. The molecule has 0 fully saturated rings. The fourth-order valence-electron chi connectivity index (χ4n) is 1.71. The Morgan fingerprint density at radius 3 is 2.72 bits per heavy atom. The number of hydrogen-bond donors (Lipinski definition) is 0. The average Bonchev–Trinajstić information content (AvgIpc) is 2.68. The Hall–Kier alpha value is -1.75. The zero-order valence-electron chi connectivity index (χ0n) is 9.95. The summed E-state index contributed by atoms with van der Waals surface area (Å²) in [5.41, 5.74) is 0.618. The predicted octanol–water partition coefficient (Wildman–Crippen LogP) is 3.09. The highest BCUT2D eigenvalue weighted by atomic mass is 32.1. The molecule has 0 aliphatic rings.